The Hall–Kier alpha value is -1.77. The molecule has 1 aromatic rings. The zero-order chi connectivity index (χ0) is 11.5. The highest BCUT2D eigenvalue weighted by Gasteiger charge is 2.34. The first-order chi connectivity index (χ1) is 7.74. The van der Waals surface area contributed by atoms with E-state index in [-0.39, 0.29) is 11.8 Å². The zero-order valence-corrected chi connectivity index (χ0v) is 9.47. The third kappa shape index (κ3) is 1.81. The maximum absolute atomic E-state index is 11.9. The van der Waals surface area contributed by atoms with Gasteiger partial charge in [0.2, 0.25) is 5.91 Å². The summed E-state index contributed by atoms with van der Waals surface area (Å²) in [7, 11) is 0. The largest absolute Gasteiger partial charge is 0.282 e. The van der Waals surface area contributed by atoms with Crippen LogP contribution in [-0.2, 0) is 4.79 Å². The van der Waals surface area contributed by atoms with Gasteiger partial charge in [-0.25, -0.2) is 5.01 Å². The van der Waals surface area contributed by atoms with Crippen molar-refractivity contribution >= 4 is 11.6 Å². The number of benzene rings is 1. The minimum atomic E-state index is 0.0557. The van der Waals surface area contributed by atoms with E-state index in [4.69, 9.17) is 0 Å². The van der Waals surface area contributed by atoms with Crippen LogP contribution in [0.5, 0.6) is 0 Å². The fourth-order valence-electron chi connectivity index (χ4n) is 1.97. The fraction of sp³-hybridized carbons (Fsp3) is 0.308. The maximum Gasteiger partial charge on any atom is 0.246 e. The Kier molecular flexibility index (Phi) is 2.95. The predicted molar refractivity (Wildman–Crippen MR) is 64.9 cm³/mol. The minimum Gasteiger partial charge on any atom is -0.282 e. The van der Waals surface area contributed by atoms with Gasteiger partial charge in [0, 0.05) is 0 Å². The summed E-state index contributed by atoms with van der Waals surface area (Å²) in [5, 5.41) is 3.78. The Labute approximate surface area is 95.9 Å². The van der Waals surface area contributed by atoms with Gasteiger partial charge in [0.05, 0.1) is 24.7 Å². The molecule has 1 unspecified atom stereocenters. The molecule has 1 amide bonds. The number of nitrogens with zero attached hydrogens (tertiary/aromatic N) is 2. The van der Waals surface area contributed by atoms with Gasteiger partial charge in [0.15, 0.2) is 0 Å². The lowest BCUT2D eigenvalue weighted by atomic mass is 10.2. The molecule has 1 aromatic carbocycles. The summed E-state index contributed by atoms with van der Waals surface area (Å²) in [5.41, 5.74) is 1.06. The standard InChI is InChI=1S/C13H16N2O/c1-3-9-14-13(16)11(2)10-15(14)12-7-5-4-6-8-12/h3-8,11H,1,9-10H2,2H3. The number of rotatable bonds is 3. The summed E-state index contributed by atoms with van der Waals surface area (Å²) in [6, 6.07) is 9.97. The summed E-state index contributed by atoms with van der Waals surface area (Å²) in [5.74, 6) is 0.226. The zero-order valence-electron chi connectivity index (χ0n) is 9.47. The monoisotopic (exact) mass is 216 g/mol. The Morgan fingerprint density at radius 1 is 1.44 bits per heavy atom. The molecule has 1 saturated heterocycles. The molecular weight excluding hydrogens is 200 g/mol. The highest BCUT2D eigenvalue weighted by Crippen LogP contribution is 2.24. The van der Waals surface area contributed by atoms with E-state index in [1.807, 2.05) is 42.3 Å². The fourth-order valence-corrected chi connectivity index (χ4v) is 1.97. The Bertz CT molecular complexity index is 388. The van der Waals surface area contributed by atoms with Crippen molar-refractivity contribution in [3.05, 3.63) is 43.0 Å². The molecule has 1 fully saturated rings. The number of hydrogen-bond acceptors (Lipinski definition) is 2. The number of hydrazine groups is 1. The van der Waals surface area contributed by atoms with Gasteiger partial charge in [0.1, 0.15) is 0 Å². The quantitative estimate of drug-likeness (QED) is 0.722. The average Bonchev–Trinajstić information content (AvgIpc) is 2.59. The number of para-hydroxylation sites is 1. The van der Waals surface area contributed by atoms with E-state index in [1.54, 1.807) is 11.1 Å². The molecule has 1 aliphatic rings. The lowest BCUT2D eigenvalue weighted by Gasteiger charge is -2.28. The van der Waals surface area contributed by atoms with Gasteiger partial charge < -0.3 is 0 Å². The van der Waals surface area contributed by atoms with Crippen molar-refractivity contribution in [3.8, 4) is 0 Å². The van der Waals surface area contributed by atoms with Crippen LogP contribution in [0.15, 0.2) is 43.0 Å². The molecule has 1 atom stereocenters. The van der Waals surface area contributed by atoms with Crippen molar-refractivity contribution in [1.29, 1.82) is 0 Å². The number of hydrogen-bond donors (Lipinski definition) is 0. The lowest BCUT2D eigenvalue weighted by Crippen LogP contribution is -2.39. The number of anilines is 1. The Morgan fingerprint density at radius 2 is 2.12 bits per heavy atom. The van der Waals surface area contributed by atoms with Crippen molar-refractivity contribution in [1.82, 2.24) is 5.01 Å². The minimum absolute atomic E-state index is 0.0557. The van der Waals surface area contributed by atoms with Crippen LogP contribution in [0.3, 0.4) is 0 Å². The van der Waals surface area contributed by atoms with Crippen LogP contribution in [0.1, 0.15) is 6.92 Å². The number of amides is 1. The Balaban J connectivity index is 2.27. The molecule has 0 N–H and O–H groups in total. The van der Waals surface area contributed by atoms with Gasteiger partial charge in [0.25, 0.3) is 0 Å². The van der Waals surface area contributed by atoms with E-state index in [9.17, 15) is 4.79 Å². The topological polar surface area (TPSA) is 23.6 Å². The van der Waals surface area contributed by atoms with Crippen molar-refractivity contribution < 1.29 is 4.79 Å². The smallest absolute Gasteiger partial charge is 0.246 e. The molecule has 1 heterocycles. The van der Waals surface area contributed by atoms with Crippen molar-refractivity contribution in [2.24, 2.45) is 5.92 Å². The second-order valence-electron chi connectivity index (χ2n) is 4.03. The summed E-state index contributed by atoms with van der Waals surface area (Å²) in [4.78, 5) is 11.9. The lowest BCUT2D eigenvalue weighted by molar-refractivity contribution is -0.130. The first-order valence-corrected chi connectivity index (χ1v) is 5.49. The molecule has 2 rings (SSSR count). The first-order valence-electron chi connectivity index (χ1n) is 5.49. The van der Waals surface area contributed by atoms with Gasteiger partial charge in [-0.15, -0.1) is 6.58 Å². The van der Waals surface area contributed by atoms with Crippen molar-refractivity contribution in [2.75, 3.05) is 18.1 Å². The Morgan fingerprint density at radius 3 is 2.75 bits per heavy atom. The van der Waals surface area contributed by atoms with Gasteiger partial charge in [-0.05, 0) is 12.1 Å². The second kappa shape index (κ2) is 4.39. The molecule has 16 heavy (non-hydrogen) atoms. The van der Waals surface area contributed by atoms with E-state index in [2.05, 4.69) is 6.58 Å². The summed E-state index contributed by atoms with van der Waals surface area (Å²) in [6.07, 6.45) is 1.76. The maximum atomic E-state index is 11.9. The molecule has 0 saturated carbocycles. The summed E-state index contributed by atoms with van der Waals surface area (Å²) >= 11 is 0. The van der Waals surface area contributed by atoms with Crippen LogP contribution in [0, 0.1) is 5.92 Å². The van der Waals surface area contributed by atoms with E-state index in [0.29, 0.717) is 6.54 Å². The predicted octanol–water partition coefficient (Wildman–Crippen LogP) is 2.07. The molecule has 3 nitrogen and oxygen atoms in total. The highest BCUT2D eigenvalue weighted by molar-refractivity contribution is 5.84. The van der Waals surface area contributed by atoms with E-state index in [1.165, 1.54) is 0 Å². The molecule has 0 aromatic heterocycles. The highest BCUT2D eigenvalue weighted by atomic mass is 16.2. The summed E-state index contributed by atoms with van der Waals surface area (Å²) < 4.78 is 0. The van der Waals surface area contributed by atoms with Gasteiger partial charge >= 0.3 is 0 Å². The second-order valence-corrected chi connectivity index (χ2v) is 4.03. The van der Waals surface area contributed by atoms with Crippen LogP contribution in [0.25, 0.3) is 0 Å². The van der Waals surface area contributed by atoms with Gasteiger partial charge in [-0.1, -0.05) is 31.2 Å². The van der Waals surface area contributed by atoms with Crippen LogP contribution in [0.4, 0.5) is 5.69 Å². The molecule has 0 radical (unpaired) electrons. The van der Waals surface area contributed by atoms with Crippen LogP contribution in [0.2, 0.25) is 0 Å². The van der Waals surface area contributed by atoms with Crippen LogP contribution in [-0.4, -0.2) is 24.0 Å². The molecule has 0 aliphatic carbocycles. The average molecular weight is 216 g/mol. The van der Waals surface area contributed by atoms with E-state index < -0.39 is 0 Å². The molecule has 84 valence electrons. The van der Waals surface area contributed by atoms with Crippen molar-refractivity contribution in [2.45, 2.75) is 6.92 Å². The normalized spacial score (nSPS) is 20.3. The number of carbonyl (C=O) groups is 1. The molecular formula is C13H16N2O. The van der Waals surface area contributed by atoms with Gasteiger partial charge in [-0.2, -0.15) is 0 Å². The third-order valence-electron chi connectivity index (χ3n) is 2.77. The van der Waals surface area contributed by atoms with E-state index in [0.717, 1.165) is 12.2 Å². The summed E-state index contributed by atoms with van der Waals surface area (Å²) in [6.45, 7) is 6.97. The van der Waals surface area contributed by atoms with Gasteiger partial charge in [-0.3, -0.25) is 9.80 Å². The van der Waals surface area contributed by atoms with Crippen molar-refractivity contribution in [3.63, 3.8) is 0 Å². The van der Waals surface area contributed by atoms with Crippen LogP contribution >= 0.6 is 0 Å². The van der Waals surface area contributed by atoms with E-state index >= 15 is 0 Å². The molecule has 0 spiro atoms. The molecule has 0 bridgehead atoms. The SMILES string of the molecule is C=CCN1C(=O)C(C)CN1c1ccccc1. The first kappa shape index (κ1) is 10.7. The molecule has 1 aliphatic heterocycles. The molecule has 3 heteroatoms. The third-order valence-corrected chi connectivity index (χ3v) is 2.77. The number of carbonyl (C=O) groups excluding carboxylic acids is 1. The van der Waals surface area contributed by atoms with Crippen LogP contribution < -0.4 is 5.01 Å².